The van der Waals surface area contributed by atoms with Gasteiger partial charge < -0.3 is 35.6 Å². The number of imide groups is 1. The summed E-state index contributed by atoms with van der Waals surface area (Å²) in [5.41, 5.74) is 10.7. The number of piperidine rings is 3. The van der Waals surface area contributed by atoms with E-state index in [0.29, 0.717) is 36.7 Å². The van der Waals surface area contributed by atoms with Crippen molar-refractivity contribution in [1.29, 1.82) is 0 Å². The van der Waals surface area contributed by atoms with Crippen molar-refractivity contribution in [2.24, 2.45) is 5.73 Å². The number of hydrogen-bond acceptors (Lipinski definition) is 10. The summed E-state index contributed by atoms with van der Waals surface area (Å²) < 4.78 is 0. The number of primary amides is 1. The molecule has 8 rings (SSSR count). The fourth-order valence-electron chi connectivity index (χ4n) is 9.25. The summed E-state index contributed by atoms with van der Waals surface area (Å²) in [5, 5.41) is 5.69. The molecule has 1 aromatic heterocycles. The van der Waals surface area contributed by atoms with Crippen LogP contribution in [0, 0.1) is 0 Å². The molecule has 4 N–H and O–H groups in total. The molecule has 0 bridgehead atoms. The number of anilines is 3. The third-order valence-electron chi connectivity index (χ3n) is 12.8. The van der Waals surface area contributed by atoms with Crippen molar-refractivity contribution in [2.75, 3.05) is 63.1 Å². The molecule has 5 aliphatic heterocycles. The number of carbonyl (C=O) groups is 5. The number of nitrogens with zero attached hydrogens (tertiary/aromatic N) is 7. The molecule has 15 nitrogen and oxygen atoms in total. The van der Waals surface area contributed by atoms with Crippen molar-refractivity contribution >= 4 is 47.0 Å². The van der Waals surface area contributed by atoms with Gasteiger partial charge in [0.15, 0.2) is 11.5 Å². The van der Waals surface area contributed by atoms with Gasteiger partial charge in [-0.1, -0.05) is 31.2 Å². The van der Waals surface area contributed by atoms with E-state index in [4.69, 9.17) is 10.7 Å². The van der Waals surface area contributed by atoms with Crippen molar-refractivity contribution < 1.29 is 25.4 Å². The highest BCUT2D eigenvalue weighted by atomic mass is 16.2. The van der Waals surface area contributed by atoms with E-state index in [1.807, 2.05) is 36.2 Å². The van der Waals surface area contributed by atoms with Crippen molar-refractivity contribution in [2.45, 2.75) is 82.3 Å². The number of nitrogens with two attached hydrogens (primary N) is 1. The van der Waals surface area contributed by atoms with Crippen molar-refractivity contribution in [3.05, 3.63) is 76.6 Å². The third kappa shape index (κ3) is 7.76. The van der Waals surface area contributed by atoms with Crippen LogP contribution in [-0.4, -0.2) is 124 Å². The third-order valence-corrected chi connectivity index (χ3v) is 12.8. The van der Waals surface area contributed by atoms with Gasteiger partial charge in [-0.2, -0.15) is 0 Å². The number of benzene rings is 2. The number of carbonyl (C=O) groups excluding carboxylic acids is 5. The molecule has 6 amide bonds. The lowest BCUT2D eigenvalue weighted by Gasteiger charge is -2.40. The van der Waals surface area contributed by atoms with Crippen LogP contribution in [-0.2, 0) is 28.0 Å². The van der Waals surface area contributed by atoms with Crippen LogP contribution in [0.15, 0.2) is 48.7 Å². The second-order valence-electron chi connectivity index (χ2n) is 16.5. The molecule has 0 saturated carbocycles. The SMILES string of the molecule is CN1CCN([C@@H]2CCCN(c3cnc(C(N)=O)c(Nc4ccc(C5(C)CCN(CCCc6cccc7c6CN(C6CCC(=O)NC6=O)C7=O)CC5)cc4)n3)C2)C1=O.[HH]. The van der Waals surface area contributed by atoms with Crippen LogP contribution in [0.3, 0.4) is 0 Å². The van der Waals surface area contributed by atoms with Crippen LogP contribution < -0.4 is 21.3 Å². The number of likely N-dealkylation sites (N-methyl/N-ethyl adjacent to an activating group) is 1. The van der Waals surface area contributed by atoms with E-state index >= 15 is 0 Å². The van der Waals surface area contributed by atoms with E-state index in [1.54, 1.807) is 16.0 Å². The second-order valence-corrected chi connectivity index (χ2v) is 16.5. The largest absolute Gasteiger partial charge is 0.364 e. The normalized spacial score (nSPS) is 22.6. The van der Waals surface area contributed by atoms with Crippen molar-refractivity contribution in [1.82, 2.24) is 34.9 Å². The van der Waals surface area contributed by atoms with Crippen LogP contribution in [0.5, 0.6) is 0 Å². The van der Waals surface area contributed by atoms with Gasteiger partial charge in [0.25, 0.3) is 11.8 Å². The number of aromatic nitrogens is 2. The van der Waals surface area contributed by atoms with Crippen LogP contribution >= 0.6 is 0 Å². The molecule has 0 radical (unpaired) electrons. The molecule has 57 heavy (non-hydrogen) atoms. The monoisotopic (exact) mass is 778 g/mol. The van der Waals surface area contributed by atoms with Gasteiger partial charge in [0, 0.05) is 58.9 Å². The van der Waals surface area contributed by atoms with E-state index in [2.05, 4.69) is 50.5 Å². The zero-order valence-corrected chi connectivity index (χ0v) is 32.8. The number of aryl methyl sites for hydroxylation is 1. The minimum atomic E-state index is -0.658. The number of likely N-dealkylation sites (tertiary alicyclic amines) is 1. The molecule has 4 fully saturated rings. The smallest absolute Gasteiger partial charge is 0.320 e. The molecule has 2 atom stereocenters. The first-order chi connectivity index (χ1) is 27.5. The van der Waals surface area contributed by atoms with Crippen molar-refractivity contribution in [3.63, 3.8) is 0 Å². The molecule has 302 valence electrons. The Balaban J connectivity index is 0.00000512. The summed E-state index contributed by atoms with van der Waals surface area (Å²) in [6.45, 7) is 8.54. The Bertz CT molecular complexity index is 2070. The van der Waals surface area contributed by atoms with Gasteiger partial charge in [-0.15, -0.1) is 0 Å². The van der Waals surface area contributed by atoms with Crippen LogP contribution in [0.2, 0.25) is 0 Å². The molecule has 0 spiro atoms. The maximum absolute atomic E-state index is 13.3. The minimum absolute atomic E-state index is 0. The molecule has 15 heteroatoms. The lowest BCUT2D eigenvalue weighted by molar-refractivity contribution is -0.136. The van der Waals surface area contributed by atoms with Gasteiger partial charge in [0.1, 0.15) is 11.9 Å². The Morgan fingerprint density at radius 3 is 2.51 bits per heavy atom. The molecular weight excluding hydrogens is 725 g/mol. The topological polar surface area (TPSA) is 177 Å². The van der Waals surface area contributed by atoms with Crippen LogP contribution in [0.4, 0.5) is 22.1 Å². The van der Waals surface area contributed by atoms with Gasteiger partial charge >= 0.3 is 6.03 Å². The second kappa shape index (κ2) is 15.8. The Labute approximate surface area is 334 Å². The Morgan fingerprint density at radius 2 is 1.79 bits per heavy atom. The fraction of sp³-hybridized carbons (Fsp3) is 0.500. The standard InChI is InChI=1S/C42H52N10O5.H2/c1-42(16-20-49(21-17-42)18-4-7-27-6-3-9-31-32(27)26-52(40(31)56)33-14-15-35(53)47-39(33)55)28-10-12-29(13-11-28)45-38-36(37(43)54)44-24-34(46-38)50-19-5-8-30(25-50)51-23-22-48(2)41(51)57;/h3,6,9-13,24,30,33H,4-5,7-8,14-23,25-26H2,1-2H3,(H2,43,54)(H,45,46)(H,47,53,55);1H/t30-,33?;/m1./s1. The highest BCUT2D eigenvalue weighted by Crippen LogP contribution is 2.37. The van der Waals surface area contributed by atoms with Gasteiger partial charge in [-0.25, -0.2) is 14.8 Å². The zero-order valence-electron chi connectivity index (χ0n) is 32.8. The summed E-state index contributed by atoms with van der Waals surface area (Å²) in [7, 11) is 1.83. The number of urea groups is 1. The molecule has 2 aromatic carbocycles. The Morgan fingerprint density at radius 1 is 1.00 bits per heavy atom. The number of nitrogens with one attached hydrogen (secondary N) is 2. The molecule has 0 aliphatic carbocycles. The van der Waals surface area contributed by atoms with Crippen LogP contribution in [0.25, 0.3) is 0 Å². The molecule has 6 heterocycles. The average Bonchev–Trinajstić information content (AvgIpc) is 3.73. The fourth-order valence-corrected chi connectivity index (χ4v) is 9.25. The molecular formula is C42H54N10O5. The van der Waals surface area contributed by atoms with Crippen molar-refractivity contribution in [3.8, 4) is 0 Å². The summed E-state index contributed by atoms with van der Waals surface area (Å²) in [5.74, 6) is -0.510. The summed E-state index contributed by atoms with van der Waals surface area (Å²) in [6.07, 6.45) is 7.91. The quantitative estimate of drug-likeness (QED) is 0.244. The van der Waals surface area contributed by atoms with Gasteiger partial charge in [0.05, 0.1) is 12.2 Å². The first-order valence-electron chi connectivity index (χ1n) is 20.3. The van der Waals surface area contributed by atoms with E-state index in [0.717, 1.165) is 94.6 Å². The summed E-state index contributed by atoms with van der Waals surface area (Å²) >= 11 is 0. The Hall–Kier alpha value is -5.57. The maximum Gasteiger partial charge on any atom is 0.320 e. The first-order valence-corrected chi connectivity index (χ1v) is 20.3. The predicted molar refractivity (Wildman–Crippen MR) is 216 cm³/mol. The first kappa shape index (κ1) is 38.3. The molecule has 5 aliphatic rings. The number of rotatable bonds is 11. The van der Waals surface area contributed by atoms with Gasteiger partial charge in [-0.05, 0) is 105 Å². The Kier molecular flexibility index (Phi) is 10.6. The maximum atomic E-state index is 13.3. The number of fused-ring (bicyclic) bond motifs is 1. The predicted octanol–water partition coefficient (Wildman–Crippen LogP) is 3.65. The van der Waals surface area contributed by atoms with E-state index in [-0.39, 0.29) is 48.8 Å². The average molecular weight is 779 g/mol. The highest BCUT2D eigenvalue weighted by Gasteiger charge is 2.40. The van der Waals surface area contributed by atoms with E-state index < -0.39 is 11.9 Å². The lowest BCUT2D eigenvalue weighted by atomic mass is 9.74. The van der Waals surface area contributed by atoms with Crippen LogP contribution in [0.1, 0.15) is 90.8 Å². The lowest BCUT2D eigenvalue weighted by Crippen LogP contribution is -2.52. The number of hydrogen-bond donors (Lipinski definition) is 3. The molecule has 3 aromatic rings. The molecule has 1 unspecified atom stereocenters. The molecule has 4 saturated heterocycles. The summed E-state index contributed by atoms with van der Waals surface area (Å²) in [6, 6.07) is 13.7. The summed E-state index contributed by atoms with van der Waals surface area (Å²) in [4.78, 5) is 81.7. The minimum Gasteiger partial charge on any atom is -0.364 e. The van der Waals surface area contributed by atoms with E-state index in [9.17, 15) is 24.0 Å². The zero-order chi connectivity index (χ0) is 39.8. The van der Waals surface area contributed by atoms with Gasteiger partial charge in [-0.3, -0.25) is 24.5 Å². The van der Waals surface area contributed by atoms with E-state index in [1.165, 1.54) is 5.56 Å². The van der Waals surface area contributed by atoms with Gasteiger partial charge in [0.2, 0.25) is 11.8 Å². The highest BCUT2D eigenvalue weighted by molar-refractivity contribution is 6.05. The number of amides is 6.